The van der Waals surface area contributed by atoms with Gasteiger partial charge in [0.15, 0.2) is 5.65 Å². The van der Waals surface area contributed by atoms with Gasteiger partial charge in [0.1, 0.15) is 28.4 Å². The summed E-state index contributed by atoms with van der Waals surface area (Å²) in [5.74, 6) is 0.760. The van der Waals surface area contributed by atoms with Gasteiger partial charge in [-0.1, -0.05) is 35.3 Å². The quantitative estimate of drug-likeness (QED) is 0.400. The molecule has 5 rings (SSSR count). The van der Waals surface area contributed by atoms with Gasteiger partial charge in [0.05, 0.1) is 17.0 Å². The van der Waals surface area contributed by atoms with Gasteiger partial charge in [0.25, 0.3) is 0 Å². The second-order valence-corrected chi connectivity index (χ2v) is 8.80. The molecule has 0 spiro atoms. The molecule has 32 heavy (non-hydrogen) atoms. The van der Waals surface area contributed by atoms with E-state index in [1.165, 1.54) is 0 Å². The lowest BCUT2D eigenvalue weighted by Gasteiger charge is -2.44. The van der Waals surface area contributed by atoms with Crippen LogP contribution in [0.4, 0.5) is 5.82 Å². The first-order valence-corrected chi connectivity index (χ1v) is 10.5. The molecule has 0 radical (unpaired) electrons. The van der Waals surface area contributed by atoms with Crippen molar-refractivity contribution < 1.29 is 0 Å². The standard InChI is InChI=1S/C23H15Cl2N7/c1-23(11-27)12-31(13-23)19-8-18(25)29-22-20(14-2-5-16(24)6-3-14)21(30-32(19)22)15-4-7-17(9-26)28-10-15/h2-8,10H,12-13H2,1H3. The van der Waals surface area contributed by atoms with E-state index >= 15 is 0 Å². The Balaban J connectivity index is 1.75. The molecule has 4 heterocycles. The van der Waals surface area contributed by atoms with E-state index in [4.69, 9.17) is 33.6 Å². The summed E-state index contributed by atoms with van der Waals surface area (Å²) in [4.78, 5) is 10.8. The first-order chi connectivity index (χ1) is 15.4. The number of hydrogen-bond donors (Lipinski definition) is 0. The minimum absolute atomic E-state index is 0.323. The van der Waals surface area contributed by atoms with Crippen LogP contribution in [0, 0.1) is 28.1 Å². The molecular weight excluding hydrogens is 445 g/mol. The molecule has 0 N–H and O–H groups in total. The lowest BCUT2D eigenvalue weighted by Crippen LogP contribution is -2.54. The summed E-state index contributed by atoms with van der Waals surface area (Å²) in [6.07, 6.45) is 1.62. The summed E-state index contributed by atoms with van der Waals surface area (Å²) in [5.41, 5.74) is 3.54. The highest BCUT2D eigenvalue weighted by Crippen LogP contribution is 2.39. The molecule has 0 atom stereocenters. The van der Waals surface area contributed by atoms with Crippen LogP contribution in [0.15, 0.2) is 48.7 Å². The SMILES string of the molecule is CC1(C#N)CN(c2cc(Cl)nc3c(-c4ccc(Cl)cc4)c(-c4ccc(C#N)nc4)nn23)C1. The number of anilines is 1. The fourth-order valence-electron chi connectivity index (χ4n) is 3.91. The van der Waals surface area contributed by atoms with E-state index in [0.717, 1.165) is 22.5 Å². The number of pyridine rings is 1. The van der Waals surface area contributed by atoms with E-state index in [1.54, 1.807) is 35.0 Å². The van der Waals surface area contributed by atoms with E-state index in [9.17, 15) is 5.26 Å². The fourth-order valence-corrected chi connectivity index (χ4v) is 4.22. The lowest BCUT2D eigenvalue weighted by molar-refractivity contribution is 0.332. The third-order valence-corrected chi connectivity index (χ3v) is 5.94. The van der Waals surface area contributed by atoms with Gasteiger partial charge >= 0.3 is 0 Å². The minimum atomic E-state index is -0.409. The van der Waals surface area contributed by atoms with Crippen molar-refractivity contribution in [2.45, 2.75) is 6.92 Å². The summed E-state index contributed by atoms with van der Waals surface area (Å²) in [6, 6.07) is 17.0. The average molecular weight is 460 g/mol. The lowest BCUT2D eigenvalue weighted by atomic mass is 9.84. The van der Waals surface area contributed by atoms with E-state index in [2.05, 4.69) is 20.9 Å². The topological polar surface area (TPSA) is 93.9 Å². The van der Waals surface area contributed by atoms with Crippen LogP contribution in [-0.4, -0.2) is 32.7 Å². The fraction of sp³-hybridized carbons (Fsp3) is 0.174. The molecule has 1 aromatic carbocycles. The van der Waals surface area contributed by atoms with Crippen molar-refractivity contribution in [1.29, 1.82) is 10.5 Å². The van der Waals surface area contributed by atoms with Crippen molar-refractivity contribution in [2.75, 3.05) is 18.0 Å². The molecule has 0 bridgehead atoms. The molecule has 3 aromatic heterocycles. The molecule has 4 aromatic rings. The van der Waals surface area contributed by atoms with Crippen LogP contribution < -0.4 is 4.90 Å². The van der Waals surface area contributed by atoms with Gasteiger partial charge in [-0.3, -0.25) is 0 Å². The Hall–Kier alpha value is -3.65. The minimum Gasteiger partial charge on any atom is -0.353 e. The first kappa shape index (κ1) is 20.3. The summed E-state index contributed by atoms with van der Waals surface area (Å²) >= 11 is 12.5. The van der Waals surface area contributed by atoms with Crippen LogP contribution in [0.25, 0.3) is 28.0 Å². The summed E-state index contributed by atoms with van der Waals surface area (Å²) in [7, 11) is 0. The zero-order valence-electron chi connectivity index (χ0n) is 16.9. The summed E-state index contributed by atoms with van der Waals surface area (Å²) < 4.78 is 1.75. The third-order valence-electron chi connectivity index (χ3n) is 5.50. The highest BCUT2D eigenvalue weighted by molar-refractivity contribution is 6.30. The first-order valence-electron chi connectivity index (χ1n) is 9.79. The Kier molecular flexibility index (Phi) is 4.74. The Morgan fingerprint density at radius 2 is 1.75 bits per heavy atom. The number of nitriles is 2. The third kappa shape index (κ3) is 3.33. The Morgan fingerprint density at radius 1 is 1.03 bits per heavy atom. The highest BCUT2D eigenvalue weighted by atomic mass is 35.5. The number of nitrogens with zero attached hydrogens (tertiary/aromatic N) is 7. The van der Waals surface area contributed by atoms with Crippen molar-refractivity contribution in [1.82, 2.24) is 19.6 Å². The predicted molar refractivity (Wildman–Crippen MR) is 122 cm³/mol. The molecular formula is C23H15Cl2N7. The maximum absolute atomic E-state index is 9.41. The summed E-state index contributed by atoms with van der Waals surface area (Å²) in [5, 5.41) is 24.3. The van der Waals surface area contributed by atoms with Crippen LogP contribution in [0.3, 0.4) is 0 Å². The molecule has 0 saturated carbocycles. The van der Waals surface area contributed by atoms with Gasteiger partial charge in [0.2, 0.25) is 0 Å². The molecule has 0 amide bonds. The Bertz CT molecular complexity index is 1420. The maximum Gasteiger partial charge on any atom is 0.167 e. The van der Waals surface area contributed by atoms with Crippen molar-refractivity contribution in [3.63, 3.8) is 0 Å². The molecule has 0 aliphatic carbocycles. The van der Waals surface area contributed by atoms with E-state index < -0.39 is 5.41 Å². The molecule has 1 aliphatic heterocycles. The van der Waals surface area contributed by atoms with Gasteiger partial charge in [0, 0.05) is 35.9 Å². The maximum atomic E-state index is 9.41. The molecule has 1 fully saturated rings. The van der Waals surface area contributed by atoms with Gasteiger partial charge in [-0.25, -0.2) is 9.97 Å². The van der Waals surface area contributed by atoms with Crippen LogP contribution >= 0.6 is 23.2 Å². The highest BCUT2D eigenvalue weighted by Gasteiger charge is 2.40. The second-order valence-electron chi connectivity index (χ2n) is 7.98. The zero-order chi connectivity index (χ0) is 22.5. The van der Waals surface area contributed by atoms with Gasteiger partial charge in [-0.2, -0.15) is 20.1 Å². The van der Waals surface area contributed by atoms with Gasteiger partial charge < -0.3 is 4.90 Å². The smallest absolute Gasteiger partial charge is 0.167 e. The van der Waals surface area contributed by atoms with E-state index in [0.29, 0.717) is 40.3 Å². The molecule has 1 aliphatic rings. The van der Waals surface area contributed by atoms with Crippen molar-refractivity contribution in [2.24, 2.45) is 5.41 Å². The van der Waals surface area contributed by atoms with Crippen LogP contribution in [0.2, 0.25) is 10.2 Å². The van der Waals surface area contributed by atoms with Crippen molar-refractivity contribution in [3.05, 3.63) is 64.5 Å². The molecule has 9 heteroatoms. The molecule has 0 unspecified atom stereocenters. The molecule has 156 valence electrons. The largest absolute Gasteiger partial charge is 0.353 e. The normalized spacial score (nSPS) is 14.6. The number of aromatic nitrogens is 4. The monoisotopic (exact) mass is 459 g/mol. The van der Waals surface area contributed by atoms with Crippen molar-refractivity contribution in [3.8, 4) is 34.5 Å². The Labute approximate surface area is 194 Å². The number of hydrogen-bond acceptors (Lipinski definition) is 6. The van der Waals surface area contributed by atoms with Crippen LogP contribution in [-0.2, 0) is 0 Å². The zero-order valence-corrected chi connectivity index (χ0v) is 18.4. The van der Waals surface area contributed by atoms with E-state index in [-0.39, 0.29) is 0 Å². The number of halogens is 2. The van der Waals surface area contributed by atoms with Crippen molar-refractivity contribution >= 4 is 34.7 Å². The second kappa shape index (κ2) is 7.49. The number of rotatable bonds is 3. The van der Waals surface area contributed by atoms with Gasteiger partial charge in [-0.05, 0) is 36.8 Å². The Morgan fingerprint density at radius 3 is 2.38 bits per heavy atom. The number of benzene rings is 1. The molecule has 1 saturated heterocycles. The van der Waals surface area contributed by atoms with E-state index in [1.807, 2.05) is 31.2 Å². The number of fused-ring (bicyclic) bond motifs is 1. The van der Waals surface area contributed by atoms with Gasteiger partial charge in [-0.15, -0.1) is 0 Å². The van der Waals surface area contributed by atoms with Crippen LogP contribution in [0.5, 0.6) is 0 Å². The predicted octanol–water partition coefficient (Wildman–Crippen LogP) is 4.99. The van der Waals surface area contributed by atoms with Crippen LogP contribution in [0.1, 0.15) is 12.6 Å². The summed E-state index contributed by atoms with van der Waals surface area (Å²) in [6.45, 7) is 3.07. The molecule has 7 nitrogen and oxygen atoms in total. The average Bonchev–Trinajstić information content (AvgIpc) is 3.16.